The molecule has 96 valence electrons. The van der Waals surface area contributed by atoms with Crippen molar-refractivity contribution in [3.8, 4) is 0 Å². The van der Waals surface area contributed by atoms with Crippen molar-refractivity contribution in [3.05, 3.63) is 0 Å². The molecule has 0 atom stereocenters. The average molecular weight is 264 g/mol. The zero-order valence-corrected chi connectivity index (χ0v) is 13.1. The highest BCUT2D eigenvalue weighted by molar-refractivity contribution is 8.76. The third-order valence-electron chi connectivity index (χ3n) is 2.69. The van der Waals surface area contributed by atoms with Gasteiger partial charge in [-0.3, -0.25) is 4.79 Å². The zero-order chi connectivity index (χ0) is 12.8. The molecule has 4 heteroatoms. The molecule has 0 aromatic heterocycles. The highest BCUT2D eigenvalue weighted by Crippen LogP contribution is 2.29. The monoisotopic (exact) mass is 264 g/mol. The Morgan fingerprint density at radius 3 is 2.06 bits per heavy atom. The van der Waals surface area contributed by atoms with Gasteiger partial charge in [0.25, 0.3) is 0 Å². The fourth-order valence-corrected chi connectivity index (χ4v) is 3.53. The second-order valence-corrected chi connectivity index (χ2v) is 8.55. The fraction of sp³-hybridized carbons (Fsp3) is 0.917. The molecule has 0 spiro atoms. The van der Waals surface area contributed by atoms with E-state index in [1.807, 2.05) is 35.4 Å². The Kier molecular flexibility index (Phi) is 7.06. The minimum atomic E-state index is -0.145. The highest BCUT2D eigenvalue weighted by atomic mass is 33.1. The number of quaternary nitrogens is 1. The van der Waals surface area contributed by atoms with Gasteiger partial charge in [0.05, 0.1) is 33.4 Å². The van der Waals surface area contributed by atoms with E-state index in [1.165, 1.54) is 12.3 Å². The lowest BCUT2D eigenvalue weighted by molar-refractivity contribution is -0.867. The second kappa shape index (κ2) is 6.92. The van der Waals surface area contributed by atoms with E-state index in [9.17, 15) is 4.79 Å². The number of Topliss-reactive ketones (excluding diaryl/α,β-unsaturated/α-hetero) is 1. The van der Waals surface area contributed by atoms with Crippen LogP contribution in [0.25, 0.3) is 0 Å². The lowest BCUT2D eigenvalue weighted by atomic mass is 9.86. The standard InChI is InChI=1S/C12H26NOS2/c1-11(14)12(2,3)7-9-15-16-10-8-13(4,5)6/h7-10H2,1-6H3/q+1. The summed E-state index contributed by atoms with van der Waals surface area (Å²) in [5.41, 5.74) is -0.145. The molecule has 0 rings (SSSR count). The van der Waals surface area contributed by atoms with Crippen molar-refractivity contribution in [1.29, 1.82) is 0 Å². The van der Waals surface area contributed by atoms with Crippen LogP contribution >= 0.6 is 21.6 Å². The first-order valence-electron chi connectivity index (χ1n) is 5.71. The van der Waals surface area contributed by atoms with E-state index in [0.29, 0.717) is 5.78 Å². The van der Waals surface area contributed by atoms with Crippen molar-refractivity contribution in [2.45, 2.75) is 27.2 Å². The summed E-state index contributed by atoms with van der Waals surface area (Å²) in [7, 11) is 10.5. The van der Waals surface area contributed by atoms with E-state index < -0.39 is 0 Å². The van der Waals surface area contributed by atoms with Gasteiger partial charge in [0.15, 0.2) is 0 Å². The minimum Gasteiger partial charge on any atom is -0.330 e. The van der Waals surface area contributed by atoms with Crippen molar-refractivity contribution in [2.24, 2.45) is 5.41 Å². The number of rotatable bonds is 8. The van der Waals surface area contributed by atoms with E-state index in [0.717, 1.165) is 16.7 Å². The third-order valence-corrected chi connectivity index (χ3v) is 5.08. The summed E-state index contributed by atoms with van der Waals surface area (Å²) >= 11 is 0. The summed E-state index contributed by atoms with van der Waals surface area (Å²) in [5.74, 6) is 2.53. The molecule has 0 radical (unpaired) electrons. The summed E-state index contributed by atoms with van der Waals surface area (Å²) in [6.07, 6.45) is 0.977. The van der Waals surface area contributed by atoms with Gasteiger partial charge in [-0.1, -0.05) is 35.4 Å². The number of hydrogen-bond donors (Lipinski definition) is 0. The maximum Gasteiger partial charge on any atom is 0.135 e. The van der Waals surface area contributed by atoms with Crippen LogP contribution in [-0.2, 0) is 4.79 Å². The van der Waals surface area contributed by atoms with Crippen LogP contribution in [0, 0.1) is 5.41 Å². The summed E-state index contributed by atoms with van der Waals surface area (Å²) in [6.45, 7) is 6.95. The third kappa shape index (κ3) is 8.48. The van der Waals surface area contributed by atoms with E-state index in [4.69, 9.17) is 0 Å². The lowest BCUT2D eigenvalue weighted by Crippen LogP contribution is -2.36. The molecule has 0 aliphatic heterocycles. The second-order valence-electron chi connectivity index (χ2n) is 5.85. The quantitative estimate of drug-likeness (QED) is 0.381. The predicted octanol–water partition coefficient (Wildman–Crippen LogP) is 3.08. The summed E-state index contributed by atoms with van der Waals surface area (Å²) in [5, 5.41) is 0. The Labute approximate surface area is 109 Å². The number of nitrogens with zero attached hydrogens (tertiary/aromatic N) is 1. The Morgan fingerprint density at radius 2 is 1.62 bits per heavy atom. The number of ketones is 1. The van der Waals surface area contributed by atoms with E-state index in [-0.39, 0.29) is 5.41 Å². The van der Waals surface area contributed by atoms with Crippen LogP contribution in [0.4, 0.5) is 0 Å². The molecular weight excluding hydrogens is 238 g/mol. The van der Waals surface area contributed by atoms with Crippen LogP contribution in [0.1, 0.15) is 27.2 Å². The summed E-state index contributed by atoms with van der Waals surface area (Å²) in [4.78, 5) is 11.3. The Balaban J connectivity index is 3.52. The lowest BCUT2D eigenvalue weighted by Gasteiger charge is -2.23. The van der Waals surface area contributed by atoms with Crippen LogP contribution < -0.4 is 0 Å². The topological polar surface area (TPSA) is 17.1 Å². The molecule has 0 aromatic rings. The molecule has 0 bridgehead atoms. The molecule has 0 aliphatic carbocycles. The first-order valence-corrected chi connectivity index (χ1v) is 8.20. The molecule has 0 aromatic carbocycles. The van der Waals surface area contributed by atoms with Gasteiger partial charge >= 0.3 is 0 Å². The number of carbonyl (C=O) groups is 1. The Morgan fingerprint density at radius 1 is 1.12 bits per heavy atom. The van der Waals surface area contributed by atoms with Gasteiger partial charge in [-0.2, -0.15) is 0 Å². The molecule has 0 amide bonds. The maximum atomic E-state index is 11.3. The van der Waals surface area contributed by atoms with Gasteiger partial charge in [0.2, 0.25) is 0 Å². The van der Waals surface area contributed by atoms with Crippen molar-refractivity contribution in [1.82, 2.24) is 0 Å². The summed E-state index contributed by atoms with van der Waals surface area (Å²) in [6, 6.07) is 0. The molecule has 0 saturated heterocycles. The zero-order valence-electron chi connectivity index (χ0n) is 11.5. The largest absolute Gasteiger partial charge is 0.330 e. The van der Waals surface area contributed by atoms with Crippen LogP contribution in [0.2, 0.25) is 0 Å². The van der Waals surface area contributed by atoms with Crippen molar-refractivity contribution >= 4 is 27.4 Å². The minimum absolute atomic E-state index is 0.145. The molecule has 0 aliphatic rings. The van der Waals surface area contributed by atoms with Gasteiger partial charge < -0.3 is 4.48 Å². The average Bonchev–Trinajstić information content (AvgIpc) is 2.09. The van der Waals surface area contributed by atoms with Crippen molar-refractivity contribution in [2.75, 3.05) is 39.2 Å². The van der Waals surface area contributed by atoms with Gasteiger partial charge in [0.1, 0.15) is 5.78 Å². The molecule has 0 N–H and O–H groups in total. The normalized spacial score (nSPS) is 12.9. The predicted molar refractivity (Wildman–Crippen MR) is 76.9 cm³/mol. The first-order chi connectivity index (χ1) is 7.15. The molecule has 0 fully saturated rings. The van der Waals surface area contributed by atoms with Crippen LogP contribution in [0.15, 0.2) is 0 Å². The Hall–Kier alpha value is 0.330. The first kappa shape index (κ1) is 16.3. The Bertz CT molecular complexity index is 222. The van der Waals surface area contributed by atoms with Crippen LogP contribution in [0.5, 0.6) is 0 Å². The van der Waals surface area contributed by atoms with Gasteiger partial charge in [-0.25, -0.2) is 0 Å². The molecule has 16 heavy (non-hydrogen) atoms. The number of hydrogen-bond acceptors (Lipinski definition) is 3. The van der Waals surface area contributed by atoms with Crippen LogP contribution in [0.3, 0.4) is 0 Å². The van der Waals surface area contributed by atoms with E-state index in [2.05, 4.69) is 21.1 Å². The maximum absolute atomic E-state index is 11.3. The molecule has 0 saturated carbocycles. The molecule has 0 unspecified atom stereocenters. The van der Waals surface area contributed by atoms with Crippen LogP contribution in [-0.4, -0.2) is 49.5 Å². The highest BCUT2D eigenvalue weighted by Gasteiger charge is 2.22. The van der Waals surface area contributed by atoms with Crippen molar-refractivity contribution in [3.63, 3.8) is 0 Å². The van der Waals surface area contributed by atoms with Gasteiger partial charge in [-0.05, 0) is 13.3 Å². The van der Waals surface area contributed by atoms with Gasteiger partial charge in [0, 0.05) is 11.2 Å². The number of carbonyl (C=O) groups excluding carboxylic acids is 1. The van der Waals surface area contributed by atoms with E-state index in [1.54, 1.807) is 6.92 Å². The molecular formula is C12H26NOS2+. The fourth-order valence-electron chi connectivity index (χ4n) is 0.902. The SMILES string of the molecule is CC(=O)C(C)(C)CCSSCC[N+](C)(C)C. The molecule has 2 nitrogen and oxygen atoms in total. The van der Waals surface area contributed by atoms with Crippen molar-refractivity contribution < 1.29 is 9.28 Å². The molecule has 0 heterocycles. The summed E-state index contributed by atoms with van der Waals surface area (Å²) < 4.78 is 1.02. The van der Waals surface area contributed by atoms with E-state index >= 15 is 0 Å². The smallest absolute Gasteiger partial charge is 0.135 e. The van der Waals surface area contributed by atoms with Gasteiger partial charge in [-0.15, -0.1) is 0 Å².